The van der Waals surface area contributed by atoms with Gasteiger partial charge in [-0.15, -0.1) is 0 Å². The van der Waals surface area contributed by atoms with Gasteiger partial charge >= 0.3 is 0 Å². The standard InChI is InChI=1S/C24H30FN5O/c1-15(29-10-2-3-19(29)12-26)21(27)14-28-13-20-11-22(28)24(31)30(20)23(16-4-5-16)17-6-8-18(25)9-7-17/h6-9,16,19-23H,1-5,10-11,13-14,27H2/t19?,20-,21?,22?,23?/m0/s1. The van der Waals surface area contributed by atoms with Crippen molar-refractivity contribution in [2.75, 3.05) is 19.6 Å². The lowest BCUT2D eigenvalue weighted by Gasteiger charge is -2.40. The lowest BCUT2D eigenvalue weighted by atomic mass is 9.99. The van der Waals surface area contributed by atoms with Gasteiger partial charge in [0.1, 0.15) is 11.9 Å². The van der Waals surface area contributed by atoms with Crippen molar-refractivity contribution in [2.24, 2.45) is 11.7 Å². The lowest BCUT2D eigenvalue weighted by molar-refractivity contribution is -0.140. The van der Waals surface area contributed by atoms with Gasteiger partial charge < -0.3 is 15.5 Å². The van der Waals surface area contributed by atoms with Crippen LogP contribution in [-0.4, -0.2) is 64.4 Å². The van der Waals surface area contributed by atoms with Gasteiger partial charge in [-0.3, -0.25) is 9.69 Å². The summed E-state index contributed by atoms with van der Waals surface area (Å²) >= 11 is 0. The van der Waals surface area contributed by atoms with Crippen LogP contribution >= 0.6 is 0 Å². The number of hydrogen-bond donors (Lipinski definition) is 1. The van der Waals surface area contributed by atoms with E-state index >= 15 is 0 Å². The van der Waals surface area contributed by atoms with Crippen molar-refractivity contribution in [1.29, 1.82) is 5.26 Å². The monoisotopic (exact) mass is 423 g/mol. The maximum Gasteiger partial charge on any atom is 0.240 e. The molecule has 1 saturated carbocycles. The summed E-state index contributed by atoms with van der Waals surface area (Å²) in [4.78, 5) is 19.7. The quantitative estimate of drug-likeness (QED) is 0.729. The molecule has 164 valence electrons. The van der Waals surface area contributed by atoms with Gasteiger partial charge in [0.05, 0.1) is 24.2 Å². The molecule has 1 amide bonds. The first kappa shape index (κ1) is 20.5. The van der Waals surface area contributed by atoms with Crippen LogP contribution in [0.3, 0.4) is 0 Å². The highest BCUT2D eigenvalue weighted by Crippen LogP contribution is 2.49. The summed E-state index contributed by atoms with van der Waals surface area (Å²) in [6, 6.07) is 8.65. The number of nitrogens with zero attached hydrogens (tertiary/aromatic N) is 4. The Labute approximate surface area is 183 Å². The van der Waals surface area contributed by atoms with Crippen LogP contribution < -0.4 is 5.73 Å². The summed E-state index contributed by atoms with van der Waals surface area (Å²) in [5, 5.41) is 9.36. The molecule has 3 saturated heterocycles. The first-order chi connectivity index (χ1) is 15.0. The molecule has 0 aromatic heterocycles. The largest absolute Gasteiger partial charge is 0.358 e. The molecule has 3 heterocycles. The van der Waals surface area contributed by atoms with E-state index in [0.29, 0.717) is 12.5 Å². The summed E-state index contributed by atoms with van der Waals surface area (Å²) in [5.41, 5.74) is 8.32. The van der Waals surface area contributed by atoms with E-state index in [4.69, 9.17) is 5.73 Å². The van der Waals surface area contributed by atoms with Gasteiger partial charge in [0.2, 0.25) is 5.91 Å². The molecule has 4 aliphatic rings. The Morgan fingerprint density at radius 1 is 1.29 bits per heavy atom. The zero-order chi connectivity index (χ0) is 21.7. The minimum atomic E-state index is -0.286. The van der Waals surface area contributed by atoms with E-state index in [-0.39, 0.29) is 41.9 Å². The van der Waals surface area contributed by atoms with Crippen LogP contribution in [-0.2, 0) is 4.79 Å². The third-order valence-corrected chi connectivity index (χ3v) is 7.52. The molecule has 4 unspecified atom stereocenters. The van der Waals surface area contributed by atoms with Crippen LogP contribution in [0.4, 0.5) is 4.39 Å². The van der Waals surface area contributed by atoms with Crippen molar-refractivity contribution < 1.29 is 9.18 Å². The minimum absolute atomic E-state index is 0.0508. The maximum atomic E-state index is 13.4. The topological polar surface area (TPSA) is 76.6 Å². The van der Waals surface area contributed by atoms with Gasteiger partial charge in [-0.05, 0) is 55.7 Å². The Bertz CT molecular complexity index is 908. The van der Waals surface area contributed by atoms with Crippen LogP contribution in [0, 0.1) is 23.1 Å². The predicted octanol–water partition coefficient (Wildman–Crippen LogP) is 2.39. The normalized spacial score (nSPS) is 30.0. The Hall–Kier alpha value is -2.43. The van der Waals surface area contributed by atoms with E-state index in [1.54, 1.807) is 0 Å². The van der Waals surface area contributed by atoms with Gasteiger partial charge in [0, 0.05) is 31.4 Å². The van der Waals surface area contributed by atoms with E-state index < -0.39 is 0 Å². The van der Waals surface area contributed by atoms with Gasteiger partial charge in [0.25, 0.3) is 0 Å². The van der Waals surface area contributed by atoms with Crippen molar-refractivity contribution in [3.63, 3.8) is 0 Å². The summed E-state index contributed by atoms with van der Waals surface area (Å²) in [6.07, 6.45) is 4.90. The highest BCUT2D eigenvalue weighted by molar-refractivity contribution is 5.86. The highest BCUT2D eigenvalue weighted by Gasteiger charge is 2.54. The molecule has 2 N–H and O–H groups in total. The number of carbonyl (C=O) groups excluding carboxylic acids is 1. The van der Waals surface area contributed by atoms with Crippen molar-refractivity contribution >= 4 is 5.91 Å². The summed E-state index contributed by atoms with van der Waals surface area (Å²) < 4.78 is 13.4. The number of nitriles is 1. The average molecular weight is 424 g/mol. The Balaban J connectivity index is 1.26. The third kappa shape index (κ3) is 3.62. The fraction of sp³-hybridized carbons (Fsp3) is 0.583. The van der Waals surface area contributed by atoms with Gasteiger partial charge in [0.15, 0.2) is 0 Å². The highest BCUT2D eigenvalue weighted by atomic mass is 19.1. The van der Waals surface area contributed by atoms with Crippen molar-refractivity contribution in [3.05, 3.63) is 47.9 Å². The molecular weight excluding hydrogens is 393 g/mol. The summed E-state index contributed by atoms with van der Waals surface area (Å²) in [5.74, 6) is 0.401. The number of carbonyl (C=O) groups is 1. The number of nitrogens with two attached hydrogens (primary N) is 1. The fourth-order valence-electron chi connectivity index (χ4n) is 5.80. The van der Waals surface area contributed by atoms with E-state index in [1.165, 1.54) is 12.1 Å². The number of piperazine rings is 1. The molecule has 1 aromatic rings. The molecule has 7 heteroatoms. The second kappa shape index (κ2) is 7.92. The number of benzene rings is 1. The van der Waals surface area contributed by atoms with Crippen molar-refractivity contribution in [1.82, 2.24) is 14.7 Å². The predicted molar refractivity (Wildman–Crippen MR) is 115 cm³/mol. The molecule has 2 bridgehead atoms. The molecular formula is C24H30FN5O. The van der Waals surface area contributed by atoms with Crippen molar-refractivity contribution in [2.45, 2.75) is 62.3 Å². The van der Waals surface area contributed by atoms with Crippen LogP contribution in [0.1, 0.15) is 43.7 Å². The van der Waals surface area contributed by atoms with Gasteiger partial charge in [-0.25, -0.2) is 4.39 Å². The number of hydrogen-bond acceptors (Lipinski definition) is 5. The molecule has 4 fully saturated rings. The molecule has 31 heavy (non-hydrogen) atoms. The molecule has 3 aliphatic heterocycles. The molecule has 1 aromatic carbocycles. The van der Waals surface area contributed by atoms with E-state index in [9.17, 15) is 14.4 Å². The van der Waals surface area contributed by atoms with Crippen molar-refractivity contribution in [3.8, 4) is 6.07 Å². The number of rotatable bonds is 7. The van der Waals surface area contributed by atoms with Gasteiger partial charge in [-0.1, -0.05) is 18.7 Å². The fourth-order valence-corrected chi connectivity index (χ4v) is 5.80. The van der Waals surface area contributed by atoms with E-state index in [1.807, 2.05) is 17.0 Å². The molecule has 5 rings (SSSR count). The van der Waals surface area contributed by atoms with E-state index in [0.717, 1.165) is 56.5 Å². The number of likely N-dealkylation sites (tertiary alicyclic amines) is 3. The molecule has 1 aliphatic carbocycles. The van der Waals surface area contributed by atoms with Crippen LogP contribution in [0.15, 0.2) is 36.5 Å². The molecule has 0 radical (unpaired) electrons. The Kier molecular flexibility index (Phi) is 5.23. The average Bonchev–Trinajstić information content (AvgIpc) is 3.20. The smallest absolute Gasteiger partial charge is 0.240 e. The minimum Gasteiger partial charge on any atom is -0.358 e. The second-order valence-electron chi connectivity index (χ2n) is 9.52. The number of halogens is 1. The third-order valence-electron chi connectivity index (χ3n) is 7.52. The van der Waals surface area contributed by atoms with Crippen LogP contribution in [0.2, 0.25) is 0 Å². The lowest BCUT2D eigenvalue weighted by Crippen LogP contribution is -2.55. The first-order valence-corrected chi connectivity index (χ1v) is 11.4. The Morgan fingerprint density at radius 3 is 2.68 bits per heavy atom. The van der Waals surface area contributed by atoms with E-state index in [2.05, 4.69) is 22.4 Å². The zero-order valence-corrected chi connectivity index (χ0v) is 17.8. The van der Waals surface area contributed by atoms with Crippen LogP contribution in [0.5, 0.6) is 0 Å². The Morgan fingerprint density at radius 2 is 2.03 bits per heavy atom. The summed E-state index contributed by atoms with van der Waals surface area (Å²) in [6.45, 7) is 6.39. The van der Waals surface area contributed by atoms with Crippen LogP contribution in [0.25, 0.3) is 0 Å². The molecule has 0 spiro atoms. The zero-order valence-electron chi connectivity index (χ0n) is 17.8. The molecule has 6 nitrogen and oxygen atoms in total. The number of amides is 1. The number of fused-ring (bicyclic) bond motifs is 2. The SMILES string of the molecule is C=C(C(N)CN1C[C@@H]2CC1C(=O)N2C(c1ccc(F)cc1)C1CC1)N1CCCC1C#N. The maximum absolute atomic E-state index is 13.4. The second-order valence-corrected chi connectivity index (χ2v) is 9.52. The summed E-state index contributed by atoms with van der Waals surface area (Å²) in [7, 11) is 0. The molecule has 5 atom stereocenters. The van der Waals surface area contributed by atoms with Gasteiger partial charge in [-0.2, -0.15) is 5.26 Å². The first-order valence-electron chi connectivity index (χ1n) is 11.4.